The molecule has 1 rings (SSSR count). The number of nitrogens with zero attached hydrogens (tertiary/aromatic N) is 1. The Kier molecular flexibility index (Phi) is 6.43. The van der Waals surface area contributed by atoms with Crippen LogP contribution in [0.2, 0.25) is 0 Å². The Labute approximate surface area is 128 Å². The number of hydrogen-bond donors (Lipinski definition) is 2. The highest BCUT2D eigenvalue weighted by atomic mass is 32.2. The second-order valence-corrected chi connectivity index (χ2v) is 6.99. The summed E-state index contributed by atoms with van der Waals surface area (Å²) >= 11 is 1.56. The van der Waals surface area contributed by atoms with Gasteiger partial charge in [0.05, 0.1) is 9.82 Å². The fraction of sp³-hybridized carbons (Fsp3) is 0.500. The summed E-state index contributed by atoms with van der Waals surface area (Å²) in [5, 5.41) is 13.5. The van der Waals surface area contributed by atoms with E-state index in [1.807, 2.05) is 13.2 Å². The van der Waals surface area contributed by atoms with E-state index in [0.717, 1.165) is 0 Å². The molecule has 2 N–H and O–H groups in total. The highest BCUT2D eigenvalue weighted by Crippen LogP contribution is 2.27. The number of benzene rings is 1. The van der Waals surface area contributed by atoms with Crippen LogP contribution in [0.5, 0.6) is 0 Å². The number of hydrogen-bond acceptors (Lipinski definition) is 6. The number of nitro benzene ring substituents is 1. The Morgan fingerprint density at radius 2 is 2.10 bits per heavy atom. The van der Waals surface area contributed by atoms with Crippen LogP contribution < -0.4 is 10.0 Å². The van der Waals surface area contributed by atoms with Gasteiger partial charge in [-0.3, -0.25) is 10.1 Å². The molecule has 118 valence electrons. The van der Waals surface area contributed by atoms with Crippen molar-refractivity contribution in [3.63, 3.8) is 0 Å². The topological polar surface area (TPSA) is 101 Å². The van der Waals surface area contributed by atoms with Gasteiger partial charge in [0.1, 0.15) is 5.69 Å². The Morgan fingerprint density at radius 3 is 2.57 bits per heavy atom. The molecule has 0 aliphatic heterocycles. The maximum Gasteiger partial charge on any atom is 0.292 e. The summed E-state index contributed by atoms with van der Waals surface area (Å²) < 4.78 is 27.2. The largest absolute Gasteiger partial charge is 0.383 e. The van der Waals surface area contributed by atoms with Gasteiger partial charge in [-0.15, -0.1) is 0 Å². The highest BCUT2D eigenvalue weighted by Gasteiger charge is 2.22. The summed E-state index contributed by atoms with van der Waals surface area (Å²) in [7, 11) is -2.19. The molecule has 7 nitrogen and oxygen atoms in total. The standard InChI is InChI=1S/C12H19N3O4S2/c1-4-9(8-20-3)14-21(18,19)10-5-6-12(15(16)17)11(7-10)13-2/h5-7,9,13-14H,4,8H2,1-3H3. The molecular formula is C12H19N3O4S2. The van der Waals surface area contributed by atoms with E-state index in [2.05, 4.69) is 10.0 Å². The van der Waals surface area contributed by atoms with Crippen LogP contribution in [0.4, 0.5) is 11.4 Å². The fourth-order valence-electron chi connectivity index (χ4n) is 1.77. The molecule has 0 fully saturated rings. The first kappa shape index (κ1) is 17.7. The van der Waals surface area contributed by atoms with Crippen LogP contribution in [-0.4, -0.2) is 38.4 Å². The summed E-state index contributed by atoms with van der Waals surface area (Å²) in [6, 6.07) is 3.54. The zero-order valence-corrected chi connectivity index (χ0v) is 13.8. The van der Waals surface area contributed by atoms with Crippen molar-refractivity contribution in [2.75, 3.05) is 24.4 Å². The monoisotopic (exact) mass is 333 g/mol. The van der Waals surface area contributed by atoms with Crippen molar-refractivity contribution >= 4 is 33.2 Å². The van der Waals surface area contributed by atoms with Gasteiger partial charge in [0.25, 0.3) is 5.69 Å². The van der Waals surface area contributed by atoms with Gasteiger partial charge < -0.3 is 5.32 Å². The molecule has 0 aromatic heterocycles. The molecule has 21 heavy (non-hydrogen) atoms. The second-order valence-electron chi connectivity index (χ2n) is 4.37. The van der Waals surface area contributed by atoms with Crippen molar-refractivity contribution in [1.29, 1.82) is 0 Å². The molecule has 0 aliphatic carbocycles. The van der Waals surface area contributed by atoms with E-state index in [0.29, 0.717) is 12.2 Å². The molecule has 0 aliphatic rings. The normalized spacial score (nSPS) is 12.9. The summed E-state index contributed by atoms with van der Waals surface area (Å²) in [5.74, 6) is 0.668. The van der Waals surface area contributed by atoms with Gasteiger partial charge in [-0.2, -0.15) is 11.8 Å². The summed E-state index contributed by atoms with van der Waals surface area (Å²) in [4.78, 5) is 10.3. The molecular weight excluding hydrogens is 314 g/mol. The van der Waals surface area contributed by atoms with Crippen molar-refractivity contribution in [2.45, 2.75) is 24.3 Å². The Balaban J connectivity index is 3.11. The number of nitro groups is 1. The van der Waals surface area contributed by atoms with Crippen molar-refractivity contribution < 1.29 is 13.3 Å². The first-order valence-corrected chi connectivity index (χ1v) is 9.20. The van der Waals surface area contributed by atoms with Crippen LogP contribution in [0.15, 0.2) is 23.1 Å². The van der Waals surface area contributed by atoms with Gasteiger partial charge >= 0.3 is 0 Å². The minimum atomic E-state index is -3.69. The summed E-state index contributed by atoms with van der Waals surface area (Å²) in [6.07, 6.45) is 2.58. The third-order valence-corrected chi connectivity index (χ3v) is 5.18. The lowest BCUT2D eigenvalue weighted by molar-refractivity contribution is -0.384. The van der Waals surface area contributed by atoms with Gasteiger partial charge in [-0.05, 0) is 24.8 Å². The van der Waals surface area contributed by atoms with Gasteiger partial charge in [-0.25, -0.2) is 13.1 Å². The van der Waals surface area contributed by atoms with Crippen LogP contribution in [-0.2, 0) is 10.0 Å². The molecule has 1 aromatic rings. The first-order valence-electron chi connectivity index (χ1n) is 6.33. The van der Waals surface area contributed by atoms with E-state index in [1.165, 1.54) is 25.2 Å². The average Bonchev–Trinajstić information content (AvgIpc) is 2.45. The minimum absolute atomic E-state index is 0.0111. The summed E-state index contributed by atoms with van der Waals surface area (Å²) in [5.41, 5.74) is 0.00777. The molecule has 0 bridgehead atoms. The quantitative estimate of drug-likeness (QED) is 0.558. The number of anilines is 1. The molecule has 9 heteroatoms. The third-order valence-electron chi connectivity index (χ3n) is 2.93. The van der Waals surface area contributed by atoms with E-state index < -0.39 is 14.9 Å². The lowest BCUT2D eigenvalue weighted by Crippen LogP contribution is -2.36. The van der Waals surface area contributed by atoms with Crippen LogP contribution >= 0.6 is 11.8 Å². The van der Waals surface area contributed by atoms with Gasteiger partial charge in [0.2, 0.25) is 10.0 Å². The summed E-state index contributed by atoms with van der Waals surface area (Å²) in [6.45, 7) is 1.90. The van der Waals surface area contributed by atoms with Crippen LogP contribution in [0.3, 0.4) is 0 Å². The van der Waals surface area contributed by atoms with E-state index >= 15 is 0 Å². The lowest BCUT2D eigenvalue weighted by atomic mass is 10.3. The smallest absolute Gasteiger partial charge is 0.292 e. The first-order chi connectivity index (χ1) is 9.85. The molecule has 1 unspecified atom stereocenters. The molecule has 0 amide bonds. The number of thioether (sulfide) groups is 1. The predicted octanol–water partition coefficient (Wildman–Crippen LogP) is 2.06. The lowest BCUT2D eigenvalue weighted by Gasteiger charge is -2.16. The van der Waals surface area contributed by atoms with Crippen LogP contribution in [0.1, 0.15) is 13.3 Å². The molecule has 0 saturated heterocycles. The van der Waals surface area contributed by atoms with E-state index in [4.69, 9.17) is 0 Å². The molecule has 1 atom stereocenters. The molecule has 0 saturated carbocycles. The molecule has 0 spiro atoms. The molecule has 1 aromatic carbocycles. The van der Waals surface area contributed by atoms with Gasteiger partial charge in [0.15, 0.2) is 0 Å². The zero-order chi connectivity index (χ0) is 16.0. The van der Waals surface area contributed by atoms with E-state index in [-0.39, 0.29) is 22.3 Å². The number of sulfonamides is 1. The number of rotatable bonds is 8. The number of nitrogens with one attached hydrogen (secondary N) is 2. The predicted molar refractivity (Wildman–Crippen MR) is 85.4 cm³/mol. The Bertz CT molecular complexity index is 605. The molecule has 0 heterocycles. The van der Waals surface area contributed by atoms with Gasteiger partial charge in [-0.1, -0.05) is 6.92 Å². The zero-order valence-electron chi connectivity index (χ0n) is 12.1. The second kappa shape index (κ2) is 7.62. The highest BCUT2D eigenvalue weighted by molar-refractivity contribution is 7.98. The average molecular weight is 333 g/mol. The maximum atomic E-state index is 12.3. The van der Waals surface area contributed by atoms with E-state index in [9.17, 15) is 18.5 Å². The fourth-order valence-corrected chi connectivity index (χ4v) is 3.94. The van der Waals surface area contributed by atoms with Crippen LogP contribution in [0.25, 0.3) is 0 Å². The van der Waals surface area contributed by atoms with Crippen molar-refractivity contribution in [3.05, 3.63) is 28.3 Å². The van der Waals surface area contributed by atoms with Crippen molar-refractivity contribution in [1.82, 2.24) is 4.72 Å². The Hall–Kier alpha value is -1.32. The maximum absolute atomic E-state index is 12.3. The van der Waals surface area contributed by atoms with Gasteiger partial charge in [0, 0.05) is 24.9 Å². The van der Waals surface area contributed by atoms with E-state index in [1.54, 1.807) is 11.8 Å². The van der Waals surface area contributed by atoms with Crippen molar-refractivity contribution in [2.24, 2.45) is 0 Å². The van der Waals surface area contributed by atoms with Crippen LogP contribution in [0, 0.1) is 10.1 Å². The SMILES string of the molecule is CCC(CSC)NS(=O)(=O)c1ccc([N+](=O)[O-])c(NC)c1. The van der Waals surface area contributed by atoms with Crippen molar-refractivity contribution in [3.8, 4) is 0 Å². The Morgan fingerprint density at radius 1 is 1.43 bits per heavy atom. The molecule has 0 radical (unpaired) electrons. The third kappa shape index (κ3) is 4.58. The minimum Gasteiger partial charge on any atom is -0.383 e.